The van der Waals surface area contributed by atoms with Gasteiger partial charge in [0.05, 0.1) is 23.1 Å². The number of ether oxygens (including phenoxy) is 1. The van der Waals surface area contributed by atoms with Crippen molar-refractivity contribution in [3.8, 4) is 11.3 Å². The van der Waals surface area contributed by atoms with Crippen LogP contribution < -0.4 is 0 Å². The summed E-state index contributed by atoms with van der Waals surface area (Å²) in [5.41, 5.74) is 0.619. The van der Waals surface area contributed by atoms with Crippen molar-refractivity contribution in [1.29, 1.82) is 0 Å². The Bertz CT molecular complexity index is 1050. The molecular weight excluding hydrogens is 451 g/mol. The van der Waals surface area contributed by atoms with E-state index in [0.29, 0.717) is 53.4 Å². The van der Waals surface area contributed by atoms with Crippen molar-refractivity contribution < 1.29 is 23.5 Å². The van der Waals surface area contributed by atoms with Gasteiger partial charge in [0.25, 0.3) is 11.1 Å². The number of hydrogen-bond donors (Lipinski definition) is 0. The second-order valence-electron chi connectivity index (χ2n) is 6.59. The molecule has 0 N–H and O–H groups in total. The first-order chi connectivity index (χ1) is 14.4. The summed E-state index contributed by atoms with van der Waals surface area (Å²) in [6.45, 7) is 1.51. The van der Waals surface area contributed by atoms with Gasteiger partial charge in [-0.25, -0.2) is 0 Å². The highest BCUT2D eigenvalue weighted by molar-refractivity contribution is 8.18. The average Bonchev–Trinajstić information content (AvgIpc) is 3.30. The molecule has 0 atom stereocenters. The van der Waals surface area contributed by atoms with Crippen LogP contribution in [0, 0.1) is 0 Å². The fraction of sp³-hybridized carbons (Fsp3) is 0.250. The van der Waals surface area contributed by atoms with E-state index in [4.69, 9.17) is 32.4 Å². The van der Waals surface area contributed by atoms with Gasteiger partial charge in [0.2, 0.25) is 5.91 Å². The van der Waals surface area contributed by atoms with E-state index in [0.717, 1.165) is 16.7 Å². The van der Waals surface area contributed by atoms with Crippen LogP contribution in [0.2, 0.25) is 10.0 Å². The molecule has 7 nitrogen and oxygen atoms in total. The molecule has 0 aliphatic carbocycles. The molecule has 2 aromatic rings. The van der Waals surface area contributed by atoms with E-state index < -0.39 is 11.1 Å². The number of rotatable bonds is 4. The van der Waals surface area contributed by atoms with E-state index >= 15 is 0 Å². The Morgan fingerprint density at radius 1 is 1.13 bits per heavy atom. The zero-order valence-corrected chi connectivity index (χ0v) is 17.9. The molecule has 1 aromatic carbocycles. The average molecular weight is 467 g/mol. The summed E-state index contributed by atoms with van der Waals surface area (Å²) in [5.74, 6) is 0.0598. The molecule has 3 amide bonds. The minimum Gasteiger partial charge on any atom is -0.457 e. The van der Waals surface area contributed by atoms with Crippen LogP contribution in [0.25, 0.3) is 17.4 Å². The lowest BCUT2D eigenvalue weighted by atomic mass is 10.2. The lowest BCUT2D eigenvalue weighted by molar-refractivity contribution is -0.139. The van der Waals surface area contributed by atoms with Crippen LogP contribution in [0.4, 0.5) is 4.79 Å². The third-order valence-corrected chi connectivity index (χ3v) is 6.10. The Kier molecular flexibility index (Phi) is 6.19. The summed E-state index contributed by atoms with van der Waals surface area (Å²) in [5, 5.41) is 0.498. The zero-order chi connectivity index (χ0) is 21.3. The second kappa shape index (κ2) is 8.85. The molecule has 1 aromatic heterocycles. The number of morpholine rings is 1. The molecule has 0 saturated carbocycles. The van der Waals surface area contributed by atoms with Gasteiger partial charge in [-0.3, -0.25) is 19.3 Å². The van der Waals surface area contributed by atoms with E-state index in [2.05, 4.69) is 0 Å². The molecule has 30 heavy (non-hydrogen) atoms. The van der Waals surface area contributed by atoms with Gasteiger partial charge in [-0.15, -0.1) is 0 Å². The number of benzene rings is 1. The van der Waals surface area contributed by atoms with E-state index in [1.807, 2.05) is 0 Å². The van der Waals surface area contributed by atoms with Gasteiger partial charge in [-0.2, -0.15) is 0 Å². The van der Waals surface area contributed by atoms with E-state index in [-0.39, 0.29) is 17.4 Å². The number of imide groups is 1. The Balaban J connectivity index is 1.49. The molecule has 0 radical (unpaired) electrons. The van der Waals surface area contributed by atoms with Crippen LogP contribution in [-0.4, -0.2) is 59.7 Å². The summed E-state index contributed by atoms with van der Waals surface area (Å²) >= 11 is 13.0. The number of furan rings is 1. The fourth-order valence-electron chi connectivity index (χ4n) is 3.07. The molecule has 3 heterocycles. The molecular formula is C20H16Cl2N2O5S. The van der Waals surface area contributed by atoms with Crippen molar-refractivity contribution in [2.24, 2.45) is 0 Å². The Morgan fingerprint density at radius 3 is 2.67 bits per heavy atom. The molecule has 0 spiro atoms. The lowest BCUT2D eigenvalue weighted by Gasteiger charge is -2.27. The van der Waals surface area contributed by atoms with Gasteiger partial charge in [-0.1, -0.05) is 23.2 Å². The molecule has 4 rings (SSSR count). The number of amides is 3. The first-order valence-electron chi connectivity index (χ1n) is 9.08. The van der Waals surface area contributed by atoms with Gasteiger partial charge in [0.15, 0.2) is 0 Å². The third-order valence-electron chi connectivity index (χ3n) is 4.62. The van der Waals surface area contributed by atoms with Gasteiger partial charge < -0.3 is 14.1 Å². The van der Waals surface area contributed by atoms with Crippen molar-refractivity contribution >= 4 is 58.1 Å². The minimum atomic E-state index is -0.523. The maximum Gasteiger partial charge on any atom is 0.294 e. The molecule has 10 heteroatoms. The predicted octanol–water partition coefficient (Wildman–Crippen LogP) is 4.15. The van der Waals surface area contributed by atoms with E-state index in [1.165, 1.54) is 6.08 Å². The number of carbonyl (C=O) groups is 3. The molecule has 2 fully saturated rings. The highest BCUT2D eigenvalue weighted by atomic mass is 35.5. The number of halogens is 2. The number of thioether (sulfide) groups is 1. The van der Waals surface area contributed by atoms with Crippen LogP contribution in [0.5, 0.6) is 0 Å². The summed E-state index contributed by atoms with van der Waals surface area (Å²) in [6, 6.07) is 8.39. The highest BCUT2D eigenvalue weighted by Gasteiger charge is 2.37. The molecule has 0 unspecified atom stereocenters. The molecule has 2 saturated heterocycles. The van der Waals surface area contributed by atoms with Crippen molar-refractivity contribution in [2.75, 3.05) is 32.8 Å². The van der Waals surface area contributed by atoms with Crippen molar-refractivity contribution in [3.63, 3.8) is 0 Å². The summed E-state index contributed by atoms with van der Waals surface area (Å²) in [7, 11) is 0. The van der Waals surface area contributed by atoms with E-state index in [1.54, 1.807) is 35.2 Å². The van der Waals surface area contributed by atoms with Crippen LogP contribution in [0.1, 0.15) is 5.76 Å². The summed E-state index contributed by atoms with van der Waals surface area (Å²) in [6.07, 6.45) is 1.48. The lowest BCUT2D eigenvalue weighted by Crippen LogP contribution is -2.46. The topological polar surface area (TPSA) is 80.1 Å². The largest absolute Gasteiger partial charge is 0.457 e. The number of carbonyl (C=O) groups excluding carboxylic acids is 3. The Morgan fingerprint density at radius 2 is 1.90 bits per heavy atom. The van der Waals surface area contributed by atoms with Crippen LogP contribution in [0.3, 0.4) is 0 Å². The maximum atomic E-state index is 12.7. The van der Waals surface area contributed by atoms with Crippen LogP contribution in [-0.2, 0) is 14.3 Å². The van der Waals surface area contributed by atoms with Crippen LogP contribution in [0.15, 0.2) is 39.7 Å². The van der Waals surface area contributed by atoms with Gasteiger partial charge in [0, 0.05) is 29.8 Å². The second-order valence-corrected chi connectivity index (χ2v) is 8.42. The van der Waals surface area contributed by atoms with E-state index in [9.17, 15) is 14.4 Å². The minimum absolute atomic E-state index is 0.188. The monoisotopic (exact) mass is 466 g/mol. The maximum absolute atomic E-state index is 12.7. The van der Waals surface area contributed by atoms with Crippen molar-refractivity contribution in [2.45, 2.75) is 0 Å². The zero-order valence-electron chi connectivity index (χ0n) is 15.6. The third kappa shape index (κ3) is 4.41. The highest BCUT2D eigenvalue weighted by Crippen LogP contribution is 2.35. The summed E-state index contributed by atoms with van der Waals surface area (Å²) < 4.78 is 11.0. The van der Waals surface area contributed by atoms with Gasteiger partial charge in [0.1, 0.15) is 18.1 Å². The fourth-order valence-corrected chi connectivity index (χ4v) is 4.28. The van der Waals surface area contributed by atoms with Gasteiger partial charge in [-0.05, 0) is 42.1 Å². The van der Waals surface area contributed by atoms with Crippen molar-refractivity contribution in [3.05, 3.63) is 51.0 Å². The molecule has 0 bridgehead atoms. The number of hydrogen-bond acceptors (Lipinski definition) is 6. The Hall–Kier alpha value is -2.26. The summed E-state index contributed by atoms with van der Waals surface area (Å²) in [4.78, 5) is 40.0. The van der Waals surface area contributed by atoms with Gasteiger partial charge >= 0.3 is 0 Å². The molecule has 2 aliphatic heterocycles. The Labute approximate surface area is 186 Å². The predicted molar refractivity (Wildman–Crippen MR) is 114 cm³/mol. The molecule has 2 aliphatic rings. The molecule has 156 valence electrons. The normalized spacial score (nSPS) is 18.5. The van der Waals surface area contributed by atoms with Crippen LogP contribution >= 0.6 is 35.0 Å². The van der Waals surface area contributed by atoms with Crippen molar-refractivity contribution in [1.82, 2.24) is 9.80 Å². The number of nitrogens with zero attached hydrogens (tertiary/aromatic N) is 2. The smallest absolute Gasteiger partial charge is 0.294 e. The quantitative estimate of drug-likeness (QED) is 0.629. The SMILES string of the molecule is O=C(CN1C(=O)S/C(=C\c2ccc(-c3cc(Cl)ccc3Cl)o2)C1=O)N1CCOCC1. The first-order valence-corrected chi connectivity index (χ1v) is 10.7. The first kappa shape index (κ1) is 21.0. The standard InChI is InChI=1S/C20H16Cl2N2O5S/c21-12-1-3-15(22)14(9-12)16-4-2-13(29-16)10-17-19(26)24(20(27)30-17)11-18(25)23-5-7-28-8-6-23/h1-4,9-10H,5-8,11H2/b17-10-.